The van der Waals surface area contributed by atoms with Gasteiger partial charge < -0.3 is 15.5 Å². The standard InChI is InChI=1S/C20H25N5O.ClH/c1-13-6-9-19(24-23-13)22-15-5-3-4-14(10-15)20(26)25(2)18-11-16-7-8-17(12-18)21-16;/h3-6,9-10,16-18,21H,7-8,11-12H2,1-2H3,(H,22,24);1H. The predicted molar refractivity (Wildman–Crippen MR) is 109 cm³/mol. The van der Waals surface area contributed by atoms with Gasteiger partial charge in [-0.15, -0.1) is 17.5 Å². The quantitative estimate of drug-likeness (QED) is 0.842. The molecule has 2 fully saturated rings. The first-order valence-electron chi connectivity index (χ1n) is 9.29. The molecule has 2 atom stereocenters. The number of nitrogens with zero attached hydrogens (tertiary/aromatic N) is 3. The highest BCUT2D eigenvalue weighted by Crippen LogP contribution is 2.30. The van der Waals surface area contributed by atoms with E-state index >= 15 is 0 Å². The molecule has 7 heteroatoms. The molecule has 1 amide bonds. The van der Waals surface area contributed by atoms with E-state index in [0.29, 0.717) is 29.5 Å². The number of hydrogen-bond donors (Lipinski definition) is 2. The number of aromatic nitrogens is 2. The summed E-state index contributed by atoms with van der Waals surface area (Å²) < 4.78 is 0. The van der Waals surface area contributed by atoms with Crippen LogP contribution in [0.2, 0.25) is 0 Å². The molecular weight excluding hydrogens is 362 g/mol. The molecule has 2 unspecified atom stereocenters. The Bertz CT molecular complexity index is 785. The van der Waals surface area contributed by atoms with E-state index in [1.807, 2.05) is 55.3 Å². The van der Waals surface area contributed by atoms with Gasteiger partial charge in [0.15, 0.2) is 5.82 Å². The van der Waals surface area contributed by atoms with Crippen LogP contribution >= 0.6 is 12.4 Å². The minimum Gasteiger partial charge on any atom is -0.339 e. The van der Waals surface area contributed by atoms with Crippen LogP contribution in [-0.2, 0) is 0 Å². The van der Waals surface area contributed by atoms with E-state index in [-0.39, 0.29) is 18.3 Å². The van der Waals surface area contributed by atoms with E-state index in [4.69, 9.17) is 0 Å². The van der Waals surface area contributed by atoms with Crippen molar-refractivity contribution in [3.8, 4) is 0 Å². The molecule has 2 N–H and O–H groups in total. The van der Waals surface area contributed by atoms with Gasteiger partial charge in [0.25, 0.3) is 5.91 Å². The van der Waals surface area contributed by atoms with Crippen LogP contribution in [0.1, 0.15) is 41.7 Å². The monoisotopic (exact) mass is 387 g/mol. The second-order valence-electron chi connectivity index (χ2n) is 7.44. The molecule has 144 valence electrons. The predicted octanol–water partition coefficient (Wildman–Crippen LogP) is 3.31. The molecule has 2 aliphatic heterocycles. The highest BCUT2D eigenvalue weighted by Gasteiger charge is 2.36. The number of aryl methyl sites for hydroxylation is 1. The number of amides is 1. The zero-order valence-corrected chi connectivity index (χ0v) is 16.5. The van der Waals surface area contributed by atoms with E-state index in [1.54, 1.807) is 0 Å². The summed E-state index contributed by atoms with van der Waals surface area (Å²) in [4.78, 5) is 14.9. The van der Waals surface area contributed by atoms with Crippen molar-refractivity contribution in [3.05, 3.63) is 47.7 Å². The Labute approximate surface area is 166 Å². The van der Waals surface area contributed by atoms with Gasteiger partial charge in [0.1, 0.15) is 0 Å². The molecular formula is C20H26ClN5O. The lowest BCUT2D eigenvalue weighted by Crippen LogP contribution is -2.48. The van der Waals surface area contributed by atoms with Gasteiger partial charge in [-0.25, -0.2) is 0 Å². The molecule has 1 aromatic carbocycles. The minimum atomic E-state index is 0. The number of carbonyl (C=O) groups is 1. The molecule has 4 rings (SSSR count). The van der Waals surface area contributed by atoms with Crippen LogP contribution < -0.4 is 10.6 Å². The van der Waals surface area contributed by atoms with Crippen LogP contribution in [0.3, 0.4) is 0 Å². The summed E-state index contributed by atoms with van der Waals surface area (Å²) in [5.41, 5.74) is 2.41. The molecule has 0 saturated carbocycles. The summed E-state index contributed by atoms with van der Waals surface area (Å²) in [6, 6.07) is 12.8. The number of nitrogens with one attached hydrogen (secondary N) is 2. The Hall–Kier alpha value is -2.18. The first-order valence-corrected chi connectivity index (χ1v) is 9.29. The van der Waals surface area contributed by atoms with Crippen molar-refractivity contribution < 1.29 is 4.79 Å². The van der Waals surface area contributed by atoms with Gasteiger partial charge in [-0.1, -0.05) is 6.07 Å². The summed E-state index contributed by atoms with van der Waals surface area (Å²) in [7, 11) is 1.93. The van der Waals surface area contributed by atoms with Crippen LogP contribution in [0.4, 0.5) is 11.5 Å². The summed E-state index contributed by atoms with van der Waals surface area (Å²) in [5.74, 6) is 0.749. The largest absolute Gasteiger partial charge is 0.339 e. The topological polar surface area (TPSA) is 70.2 Å². The minimum absolute atomic E-state index is 0. The maximum absolute atomic E-state index is 13.0. The van der Waals surface area contributed by atoms with Crippen LogP contribution in [-0.4, -0.2) is 46.2 Å². The van der Waals surface area contributed by atoms with Crippen LogP contribution in [0.5, 0.6) is 0 Å². The summed E-state index contributed by atoms with van der Waals surface area (Å²) in [6.07, 6.45) is 4.58. The fourth-order valence-corrected chi connectivity index (χ4v) is 4.06. The van der Waals surface area contributed by atoms with Gasteiger partial charge in [-0.05, 0) is 62.9 Å². The number of carbonyl (C=O) groups excluding carboxylic acids is 1. The van der Waals surface area contributed by atoms with Crippen molar-refractivity contribution in [2.24, 2.45) is 0 Å². The van der Waals surface area contributed by atoms with Crippen LogP contribution in [0.15, 0.2) is 36.4 Å². The Morgan fingerprint density at radius 1 is 1.15 bits per heavy atom. The van der Waals surface area contributed by atoms with Crippen molar-refractivity contribution >= 4 is 29.8 Å². The van der Waals surface area contributed by atoms with Gasteiger partial charge in [-0.2, -0.15) is 5.10 Å². The van der Waals surface area contributed by atoms with E-state index in [9.17, 15) is 4.79 Å². The highest BCUT2D eigenvalue weighted by molar-refractivity contribution is 5.95. The third-order valence-corrected chi connectivity index (χ3v) is 5.50. The summed E-state index contributed by atoms with van der Waals surface area (Å²) in [5, 5.41) is 15.0. The molecule has 1 aromatic heterocycles. The zero-order valence-electron chi connectivity index (χ0n) is 15.7. The average molecular weight is 388 g/mol. The van der Waals surface area contributed by atoms with Gasteiger partial charge in [-0.3, -0.25) is 4.79 Å². The van der Waals surface area contributed by atoms with Gasteiger partial charge in [0.2, 0.25) is 0 Å². The van der Waals surface area contributed by atoms with Crippen molar-refractivity contribution in [3.63, 3.8) is 0 Å². The molecule has 2 saturated heterocycles. The van der Waals surface area contributed by atoms with Crippen LogP contribution in [0, 0.1) is 6.92 Å². The van der Waals surface area contributed by atoms with Crippen molar-refractivity contribution in [2.45, 2.75) is 50.7 Å². The number of rotatable bonds is 4. The molecule has 0 spiro atoms. The lowest BCUT2D eigenvalue weighted by atomic mass is 9.98. The first-order chi connectivity index (χ1) is 12.6. The zero-order chi connectivity index (χ0) is 18.1. The second kappa shape index (κ2) is 8.23. The Morgan fingerprint density at radius 3 is 2.56 bits per heavy atom. The molecule has 3 heterocycles. The van der Waals surface area contributed by atoms with Gasteiger partial charge in [0, 0.05) is 36.4 Å². The Morgan fingerprint density at radius 2 is 1.89 bits per heavy atom. The molecule has 2 bridgehead atoms. The van der Waals surface area contributed by atoms with Gasteiger partial charge >= 0.3 is 0 Å². The number of halogens is 1. The Balaban J connectivity index is 0.00000210. The molecule has 2 aromatic rings. The van der Waals surface area contributed by atoms with Crippen molar-refractivity contribution in [1.29, 1.82) is 0 Å². The Kier molecular flexibility index (Phi) is 5.97. The van der Waals surface area contributed by atoms with Gasteiger partial charge in [0.05, 0.1) is 5.69 Å². The maximum atomic E-state index is 13.0. The number of fused-ring (bicyclic) bond motifs is 2. The lowest BCUT2D eigenvalue weighted by Gasteiger charge is -2.35. The third kappa shape index (κ3) is 4.39. The van der Waals surface area contributed by atoms with Crippen molar-refractivity contribution in [1.82, 2.24) is 20.4 Å². The lowest BCUT2D eigenvalue weighted by molar-refractivity contribution is 0.0682. The van der Waals surface area contributed by atoms with E-state index in [1.165, 1.54) is 12.8 Å². The van der Waals surface area contributed by atoms with Crippen molar-refractivity contribution in [2.75, 3.05) is 12.4 Å². The smallest absolute Gasteiger partial charge is 0.253 e. The normalized spacial score (nSPS) is 23.4. The van der Waals surface area contributed by atoms with E-state index in [0.717, 1.165) is 24.2 Å². The fraction of sp³-hybridized carbons (Fsp3) is 0.450. The first kappa shape index (κ1) is 19.6. The van der Waals surface area contributed by atoms with E-state index in [2.05, 4.69) is 20.8 Å². The number of hydrogen-bond acceptors (Lipinski definition) is 5. The third-order valence-electron chi connectivity index (χ3n) is 5.50. The maximum Gasteiger partial charge on any atom is 0.253 e. The molecule has 0 aliphatic carbocycles. The fourth-order valence-electron chi connectivity index (χ4n) is 4.06. The summed E-state index contributed by atoms with van der Waals surface area (Å²) >= 11 is 0. The molecule has 2 aliphatic rings. The number of piperidine rings is 1. The van der Waals surface area contributed by atoms with Crippen LogP contribution in [0.25, 0.3) is 0 Å². The molecule has 27 heavy (non-hydrogen) atoms. The molecule has 0 radical (unpaired) electrons. The SMILES string of the molecule is Cc1ccc(Nc2cccc(C(=O)N(C)C3CC4CCC(C3)N4)c2)nn1.Cl. The number of anilines is 2. The second-order valence-corrected chi connectivity index (χ2v) is 7.44. The molecule has 6 nitrogen and oxygen atoms in total. The number of benzene rings is 1. The van der Waals surface area contributed by atoms with E-state index < -0.39 is 0 Å². The highest BCUT2D eigenvalue weighted by atomic mass is 35.5. The summed E-state index contributed by atoms with van der Waals surface area (Å²) in [6.45, 7) is 1.90. The average Bonchev–Trinajstić information content (AvgIpc) is 3.00.